The summed E-state index contributed by atoms with van der Waals surface area (Å²) >= 11 is 3.41. The highest BCUT2D eigenvalue weighted by Crippen LogP contribution is 2.06. The highest BCUT2D eigenvalue weighted by Gasteiger charge is 2.01. The van der Waals surface area contributed by atoms with Crippen LogP contribution in [-0.4, -0.2) is 17.9 Å². The molecule has 0 fully saturated rings. The molecule has 0 heterocycles. The molecule has 0 aliphatic heterocycles. The fourth-order valence-electron chi connectivity index (χ4n) is 1.19. The molecule has 3 heteroatoms. The van der Waals surface area contributed by atoms with Crippen LogP contribution in [0.5, 0.6) is 0 Å². The van der Waals surface area contributed by atoms with E-state index in [1.54, 1.807) is 6.92 Å². The zero-order valence-corrected chi connectivity index (χ0v) is 11.1. The number of carbonyl (C=O) groups is 1. The average molecular weight is 277 g/mol. The van der Waals surface area contributed by atoms with Gasteiger partial charge in [0.15, 0.2) is 0 Å². The van der Waals surface area contributed by atoms with Crippen LogP contribution in [0.2, 0.25) is 0 Å². The second-order valence-electron chi connectivity index (χ2n) is 3.73. The Morgan fingerprint density at radius 2 is 1.67 bits per heavy atom. The second-order valence-corrected chi connectivity index (χ2v) is 4.52. The van der Waals surface area contributed by atoms with Crippen molar-refractivity contribution < 1.29 is 9.53 Å². The zero-order chi connectivity index (χ0) is 11.5. The summed E-state index contributed by atoms with van der Waals surface area (Å²) in [6.45, 7) is 5.73. The van der Waals surface area contributed by atoms with Crippen LogP contribution in [-0.2, 0) is 9.53 Å². The third-order valence-electron chi connectivity index (χ3n) is 2.11. The van der Waals surface area contributed by atoms with Crippen molar-refractivity contribution in [1.82, 2.24) is 0 Å². The van der Waals surface area contributed by atoms with E-state index in [1.165, 1.54) is 25.7 Å². The first-order valence-electron chi connectivity index (χ1n) is 5.57. The number of hydrogen-bond acceptors (Lipinski definition) is 2. The molecule has 0 atom stereocenters. The first-order valence-corrected chi connectivity index (χ1v) is 6.69. The van der Waals surface area contributed by atoms with Crippen molar-refractivity contribution in [3.63, 3.8) is 0 Å². The van der Waals surface area contributed by atoms with E-state index in [1.807, 2.05) is 0 Å². The van der Waals surface area contributed by atoms with E-state index in [2.05, 4.69) is 22.5 Å². The minimum absolute atomic E-state index is 0.269. The third kappa shape index (κ3) is 9.98. The normalized spacial score (nSPS) is 10.0. The molecule has 0 aromatic carbocycles. The summed E-state index contributed by atoms with van der Waals surface area (Å²) in [4.78, 5) is 11.0. The van der Waals surface area contributed by atoms with Crippen LogP contribution in [0, 0.1) is 0 Å². The van der Waals surface area contributed by atoms with E-state index in [4.69, 9.17) is 4.74 Å². The van der Waals surface area contributed by atoms with Crippen LogP contribution >= 0.6 is 15.9 Å². The zero-order valence-electron chi connectivity index (χ0n) is 9.56. The summed E-state index contributed by atoms with van der Waals surface area (Å²) in [5.41, 5.74) is 0.479. The molecule has 0 amide bonds. The number of esters is 1. The van der Waals surface area contributed by atoms with Crippen LogP contribution in [0.15, 0.2) is 12.2 Å². The molecular formula is C12H21BrO2. The maximum atomic E-state index is 11.0. The standard InChI is InChI=1S/C12H21BrO2/c1-11(2)12(14)15-10-8-6-4-3-5-7-9-13/h1,3-10H2,2H3. The summed E-state index contributed by atoms with van der Waals surface area (Å²) in [7, 11) is 0. The summed E-state index contributed by atoms with van der Waals surface area (Å²) in [5.74, 6) is -0.269. The topological polar surface area (TPSA) is 26.3 Å². The predicted molar refractivity (Wildman–Crippen MR) is 67.3 cm³/mol. The van der Waals surface area contributed by atoms with Crippen LogP contribution in [0.25, 0.3) is 0 Å². The van der Waals surface area contributed by atoms with Gasteiger partial charge < -0.3 is 4.74 Å². The lowest BCUT2D eigenvalue weighted by molar-refractivity contribution is -0.139. The number of alkyl halides is 1. The van der Waals surface area contributed by atoms with Crippen molar-refractivity contribution in [3.8, 4) is 0 Å². The van der Waals surface area contributed by atoms with Gasteiger partial charge in [-0.25, -0.2) is 4.79 Å². The molecule has 15 heavy (non-hydrogen) atoms. The second kappa shape index (κ2) is 10.2. The third-order valence-corrected chi connectivity index (χ3v) is 2.67. The maximum Gasteiger partial charge on any atom is 0.333 e. The minimum Gasteiger partial charge on any atom is -0.462 e. The van der Waals surface area contributed by atoms with E-state index in [9.17, 15) is 4.79 Å². The van der Waals surface area contributed by atoms with Crippen molar-refractivity contribution >= 4 is 21.9 Å². The van der Waals surface area contributed by atoms with Crippen LogP contribution in [0.3, 0.4) is 0 Å². The monoisotopic (exact) mass is 276 g/mol. The summed E-state index contributed by atoms with van der Waals surface area (Å²) in [5, 5.41) is 1.10. The molecule has 0 N–H and O–H groups in total. The Balaban J connectivity index is 3.11. The van der Waals surface area contributed by atoms with E-state index in [0.29, 0.717) is 12.2 Å². The van der Waals surface area contributed by atoms with Gasteiger partial charge in [-0.05, 0) is 19.8 Å². The number of hydrogen-bond donors (Lipinski definition) is 0. The van der Waals surface area contributed by atoms with Gasteiger partial charge in [0.25, 0.3) is 0 Å². The van der Waals surface area contributed by atoms with E-state index >= 15 is 0 Å². The number of unbranched alkanes of at least 4 members (excludes halogenated alkanes) is 5. The Morgan fingerprint density at radius 3 is 2.20 bits per heavy atom. The predicted octanol–water partition coefficient (Wildman–Crippen LogP) is 3.84. The van der Waals surface area contributed by atoms with Crippen LogP contribution in [0.1, 0.15) is 45.4 Å². The first kappa shape index (κ1) is 14.7. The van der Waals surface area contributed by atoms with Gasteiger partial charge in [0, 0.05) is 10.9 Å². The Labute approximate surface area is 101 Å². The number of carbonyl (C=O) groups excluding carboxylic acids is 1. The molecule has 0 aromatic heterocycles. The molecular weight excluding hydrogens is 256 g/mol. The number of ether oxygens (including phenoxy) is 1. The molecule has 0 radical (unpaired) electrons. The quantitative estimate of drug-likeness (QED) is 0.277. The minimum atomic E-state index is -0.269. The van der Waals surface area contributed by atoms with Crippen molar-refractivity contribution in [1.29, 1.82) is 0 Å². The van der Waals surface area contributed by atoms with Gasteiger partial charge in [0.05, 0.1) is 6.61 Å². The average Bonchev–Trinajstić information content (AvgIpc) is 2.21. The highest BCUT2D eigenvalue weighted by atomic mass is 79.9. The fraction of sp³-hybridized carbons (Fsp3) is 0.750. The summed E-state index contributed by atoms with van der Waals surface area (Å²) < 4.78 is 4.99. The molecule has 0 rings (SSSR count). The molecule has 0 bridgehead atoms. The van der Waals surface area contributed by atoms with Gasteiger partial charge in [-0.1, -0.05) is 48.2 Å². The Kier molecular flexibility index (Phi) is 10.0. The molecule has 88 valence electrons. The molecule has 0 spiro atoms. The maximum absolute atomic E-state index is 11.0. The largest absolute Gasteiger partial charge is 0.462 e. The first-order chi connectivity index (χ1) is 7.18. The molecule has 0 unspecified atom stereocenters. The van der Waals surface area contributed by atoms with Crippen molar-refractivity contribution in [2.45, 2.75) is 45.4 Å². The van der Waals surface area contributed by atoms with Crippen molar-refractivity contribution in [2.24, 2.45) is 0 Å². The summed E-state index contributed by atoms with van der Waals surface area (Å²) in [6, 6.07) is 0. The van der Waals surface area contributed by atoms with E-state index in [-0.39, 0.29) is 5.97 Å². The van der Waals surface area contributed by atoms with Gasteiger partial charge in [-0.3, -0.25) is 0 Å². The van der Waals surface area contributed by atoms with Crippen LogP contribution in [0.4, 0.5) is 0 Å². The van der Waals surface area contributed by atoms with Gasteiger partial charge in [-0.15, -0.1) is 0 Å². The molecule has 0 saturated carbocycles. The summed E-state index contributed by atoms with van der Waals surface area (Å²) in [6.07, 6.45) is 7.16. The number of halogens is 1. The molecule has 0 aromatic rings. The fourth-order valence-corrected chi connectivity index (χ4v) is 1.59. The lowest BCUT2D eigenvalue weighted by atomic mass is 10.1. The SMILES string of the molecule is C=C(C)C(=O)OCCCCCCCCBr. The molecule has 2 nitrogen and oxygen atoms in total. The Morgan fingerprint density at radius 1 is 1.13 bits per heavy atom. The van der Waals surface area contributed by atoms with Gasteiger partial charge in [-0.2, -0.15) is 0 Å². The Hall–Kier alpha value is -0.310. The van der Waals surface area contributed by atoms with Gasteiger partial charge >= 0.3 is 5.97 Å². The van der Waals surface area contributed by atoms with Crippen LogP contribution < -0.4 is 0 Å². The van der Waals surface area contributed by atoms with Gasteiger partial charge in [0.2, 0.25) is 0 Å². The lowest BCUT2D eigenvalue weighted by Gasteiger charge is -2.03. The van der Waals surface area contributed by atoms with Gasteiger partial charge in [0.1, 0.15) is 0 Å². The number of rotatable bonds is 9. The highest BCUT2D eigenvalue weighted by molar-refractivity contribution is 9.09. The lowest BCUT2D eigenvalue weighted by Crippen LogP contribution is -2.05. The Bertz CT molecular complexity index is 190. The van der Waals surface area contributed by atoms with E-state index < -0.39 is 0 Å². The molecule has 0 saturated heterocycles. The molecule has 0 aliphatic rings. The smallest absolute Gasteiger partial charge is 0.333 e. The van der Waals surface area contributed by atoms with E-state index in [0.717, 1.165) is 18.2 Å². The van der Waals surface area contributed by atoms with Crippen molar-refractivity contribution in [2.75, 3.05) is 11.9 Å². The molecule has 0 aliphatic carbocycles. The van der Waals surface area contributed by atoms with Crippen molar-refractivity contribution in [3.05, 3.63) is 12.2 Å².